The number of para-hydroxylation sites is 2. The quantitative estimate of drug-likeness (QED) is 0.676. The van der Waals surface area contributed by atoms with Gasteiger partial charge in [-0.15, -0.1) is 0 Å². The van der Waals surface area contributed by atoms with Gasteiger partial charge in [0.25, 0.3) is 5.91 Å². The van der Waals surface area contributed by atoms with Gasteiger partial charge in [0.1, 0.15) is 5.75 Å². The van der Waals surface area contributed by atoms with Gasteiger partial charge in [-0.25, -0.2) is 4.79 Å². The summed E-state index contributed by atoms with van der Waals surface area (Å²) in [5.41, 5.74) is 2.24. The predicted molar refractivity (Wildman–Crippen MR) is 116 cm³/mol. The van der Waals surface area contributed by atoms with Gasteiger partial charge in [0.2, 0.25) is 0 Å². The van der Waals surface area contributed by atoms with Crippen molar-refractivity contribution in [3.8, 4) is 5.75 Å². The number of nitrogens with zero attached hydrogens (tertiary/aromatic N) is 1. The van der Waals surface area contributed by atoms with Crippen LogP contribution < -0.4 is 19.9 Å². The van der Waals surface area contributed by atoms with Crippen molar-refractivity contribution in [3.05, 3.63) is 54.1 Å². The average molecular weight is 413 g/mol. The van der Waals surface area contributed by atoms with Gasteiger partial charge in [-0.1, -0.05) is 12.1 Å². The zero-order chi connectivity index (χ0) is 21.5. The van der Waals surface area contributed by atoms with Gasteiger partial charge >= 0.3 is 5.97 Å². The van der Waals surface area contributed by atoms with Crippen molar-refractivity contribution in [1.82, 2.24) is 0 Å². The first-order chi connectivity index (χ1) is 14.5. The molecule has 1 saturated heterocycles. The third kappa shape index (κ3) is 5.73. The second-order valence-electron chi connectivity index (χ2n) is 7.67. The van der Waals surface area contributed by atoms with Crippen molar-refractivity contribution in [3.63, 3.8) is 0 Å². The van der Waals surface area contributed by atoms with Crippen molar-refractivity contribution in [2.45, 2.75) is 20.0 Å². The third-order valence-electron chi connectivity index (χ3n) is 5.05. The highest BCUT2D eigenvalue weighted by molar-refractivity contribution is 5.93. The highest BCUT2D eigenvalue weighted by Gasteiger charge is 2.24. The smallest absolute Gasteiger partial charge is 0.338 e. The molecule has 2 aromatic rings. The largest absolute Gasteiger partial charge is 0.495 e. The lowest BCUT2D eigenvalue weighted by Crippen LogP contribution is -3.15. The number of benzene rings is 2. The second-order valence-corrected chi connectivity index (χ2v) is 7.67. The van der Waals surface area contributed by atoms with E-state index in [0.29, 0.717) is 17.8 Å². The van der Waals surface area contributed by atoms with Gasteiger partial charge in [0, 0.05) is 5.69 Å². The SMILES string of the molecule is COc1ccccc1N1CC[NH+](CC(=O)Nc2ccc(C(=O)OC(C)C)cc2)CC1. The van der Waals surface area contributed by atoms with Crippen molar-refractivity contribution in [1.29, 1.82) is 0 Å². The fourth-order valence-corrected chi connectivity index (χ4v) is 3.54. The molecule has 2 N–H and O–H groups in total. The number of hydrogen-bond donors (Lipinski definition) is 2. The van der Waals surface area contributed by atoms with E-state index in [1.165, 1.54) is 4.90 Å². The van der Waals surface area contributed by atoms with Gasteiger partial charge in [0.15, 0.2) is 6.54 Å². The lowest BCUT2D eigenvalue weighted by Gasteiger charge is -2.34. The molecule has 2 aromatic carbocycles. The average Bonchev–Trinajstić information content (AvgIpc) is 2.74. The summed E-state index contributed by atoms with van der Waals surface area (Å²) in [6, 6.07) is 14.8. The van der Waals surface area contributed by atoms with E-state index in [1.54, 1.807) is 31.4 Å². The summed E-state index contributed by atoms with van der Waals surface area (Å²) in [6.45, 7) is 7.54. The first-order valence-electron chi connectivity index (χ1n) is 10.3. The molecular formula is C23H30N3O4+. The van der Waals surface area contributed by atoms with Gasteiger partial charge in [-0.3, -0.25) is 4.79 Å². The van der Waals surface area contributed by atoms with Crippen LogP contribution in [-0.2, 0) is 9.53 Å². The minimum Gasteiger partial charge on any atom is -0.495 e. The second kappa shape index (κ2) is 10.1. The van der Waals surface area contributed by atoms with Gasteiger partial charge in [-0.05, 0) is 50.2 Å². The van der Waals surface area contributed by atoms with E-state index in [-0.39, 0.29) is 18.0 Å². The molecule has 0 bridgehead atoms. The van der Waals surface area contributed by atoms with E-state index in [4.69, 9.17) is 9.47 Å². The molecule has 0 aromatic heterocycles. The van der Waals surface area contributed by atoms with E-state index >= 15 is 0 Å². The maximum absolute atomic E-state index is 12.4. The molecule has 0 unspecified atom stereocenters. The number of carbonyl (C=O) groups is 2. The Balaban J connectivity index is 1.47. The first kappa shape index (κ1) is 21.6. The van der Waals surface area contributed by atoms with Crippen LogP contribution in [0.25, 0.3) is 0 Å². The van der Waals surface area contributed by atoms with Crippen molar-refractivity contribution in [2.75, 3.05) is 50.1 Å². The standard InChI is InChI=1S/C23H29N3O4/c1-17(2)30-23(28)18-8-10-19(11-9-18)24-22(27)16-25-12-14-26(15-13-25)20-6-4-5-7-21(20)29-3/h4-11,17H,12-16H2,1-3H3,(H,24,27)/p+1. The number of esters is 1. The summed E-state index contributed by atoms with van der Waals surface area (Å²) in [4.78, 5) is 27.9. The van der Waals surface area contributed by atoms with Crippen molar-refractivity contribution >= 4 is 23.3 Å². The number of rotatable bonds is 7. The summed E-state index contributed by atoms with van der Waals surface area (Å²) in [6.07, 6.45) is -0.164. The molecule has 1 aliphatic heterocycles. The zero-order valence-corrected chi connectivity index (χ0v) is 17.8. The van der Waals surface area contributed by atoms with Crippen LogP contribution in [-0.4, -0.2) is 57.8 Å². The van der Waals surface area contributed by atoms with Gasteiger partial charge in [0.05, 0.1) is 50.6 Å². The molecule has 1 aliphatic rings. The van der Waals surface area contributed by atoms with Crippen molar-refractivity contribution < 1.29 is 24.0 Å². The highest BCUT2D eigenvalue weighted by Crippen LogP contribution is 2.27. The molecule has 7 heteroatoms. The van der Waals surface area contributed by atoms with Crippen LogP contribution in [0, 0.1) is 0 Å². The number of quaternary nitrogens is 1. The van der Waals surface area contributed by atoms with E-state index in [0.717, 1.165) is 37.6 Å². The molecule has 0 aliphatic carbocycles. The predicted octanol–water partition coefficient (Wildman–Crippen LogP) is 1.60. The molecule has 1 fully saturated rings. The van der Waals surface area contributed by atoms with E-state index < -0.39 is 0 Å². The van der Waals surface area contributed by atoms with Crippen LogP contribution in [0.3, 0.4) is 0 Å². The number of anilines is 2. The molecule has 0 spiro atoms. The maximum Gasteiger partial charge on any atom is 0.338 e. The molecule has 1 amide bonds. The number of piperazine rings is 1. The minimum atomic E-state index is -0.361. The Labute approximate surface area is 177 Å². The first-order valence-corrected chi connectivity index (χ1v) is 10.3. The Kier molecular flexibility index (Phi) is 7.30. The van der Waals surface area contributed by atoms with Crippen LogP contribution in [0.15, 0.2) is 48.5 Å². The van der Waals surface area contributed by atoms with Gasteiger partial charge < -0.3 is 24.6 Å². The number of nitrogens with one attached hydrogen (secondary N) is 2. The number of methoxy groups -OCH3 is 1. The van der Waals surface area contributed by atoms with Crippen LogP contribution in [0.5, 0.6) is 5.75 Å². The van der Waals surface area contributed by atoms with Crippen LogP contribution in [0.1, 0.15) is 24.2 Å². The summed E-state index contributed by atoms with van der Waals surface area (Å²) >= 11 is 0. The molecule has 30 heavy (non-hydrogen) atoms. The topological polar surface area (TPSA) is 72.3 Å². The van der Waals surface area contributed by atoms with E-state index in [1.807, 2.05) is 32.0 Å². The van der Waals surface area contributed by atoms with Crippen molar-refractivity contribution in [2.24, 2.45) is 0 Å². The molecule has 0 saturated carbocycles. The lowest BCUT2D eigenvalue weighted by molar-refractivity contribution is -0.892. The Morgan fingerprint density at radius 2 is 1.73 bits per heavy atom. The summed E-state index contributed by atoms with van der Waals surface area (Å²) < 4.78 is 10.6. The lowest BCUT2D eigenvalue weighted by atomic mass is 10.2. The Bertz CT molecular complexity index is 859. The van der Waals surface area contributed by atoms with E-state index in [9.17, 15) is 9.59 Å². The molecule has 160 valence electrons. The van der Waals surface area contributed by atoms with Crippen LogP contribution >= 0.6 is 0 Å². The Hall–Kier alpha value is -3.06. The fraction of sp³-hybridized carbons (Fsp3) is 0.391. The third-order valence-corrected chi connectivity index (χ3v) is 5.05. The summed E-state index contributed by atoms with van der Waals surface area (Å²) in [7, 11) is 1.68. The normalized spacial score (nSPS) is 14.5. The summed E-state index contributed by atoms with van der Waals surface area (Å²) in [5, 5.41) is 2.91. The molecule has 0 atom stereocenters. The molecule has 1 heterocycles. The fourth-order valence-electron chi connectivity index (χ4n) is 3.54. The maximum atomic E-state index is 12.4. The molecule has 3 rings (SSSR count). The number of amides is 1. The zero-order valence-electron chi connectivity index (χ0n) is 17.8. The number of carbonyl (C=O) groups excluding carboxylic acids is 2. The van der Waals surface area contributed by atoms with Crippen LogP contribution in [0.2, 0.25) is 0 Å². The van der Waals surface area contributed by atoms with Crippen LogP contribution in [0.4, 0.5) is 11.4 Å². The molecular weight excluding hydrogens is 382 g/mol. The monoisotopic (exact) mass is 412 g/mol. The number of hydrogen-bond acceptors (Lipinski definition) is 5. The van der Waals surface area contributed by atoms with E-state index in [2.05, 4.69) is 16.3 Å². The molecule has 7 nitrogen and oxygen atoms in total. The van der Waals surface area contributed by atoms with Gasteiger partial charge in [-0.2, -0.15) is 0 Å². The number of ether oxygens (including phenoxy) is 2. The minimum absolute atomic E-state index is 0.0340. The summed E-state index contributed by atoms with van der Waals surface area (Å²) in [5.74, 6) is 0.480. The Morgan fingerprint density at radius 1 is 1.07 bits per heavy atom. The molecule has 0 radical (unpaired) electrons. The Morgan fingerprint density at radius 3 is 2.37 bits per heavy atom. The highest BCUT2D eigenvalue weighted by atomic mass is 16.5.